The lowest BCUT2D eigenvalue weighted by molar-refractivity contribution is -0.142. The van der Waals surface area contributed by atoms with E-state index in [0.717, 1.165) is 6.42 Å². The molecule has 10 nitrogen and oxygen atoms in total. The number of nitrogens with one attached hydrogen (secondary N) is 2. The first kappa shape index (κ1) is 31.8. The second-order valence-electron chi connectivity index (χ2n) is 10.4. The molecule has 3 N–H and O–H groups in total. The molecule has 0 unspecified atom stereocenters. The van der Waals surface area contributed by atoms with Crippen LogP contribution < -0.4 is 10.0 Å². The highest BCUT2D eigenvalue weighted by Gasteiger charge is 2.32. The van der Waals surface area contributed by atoms with Crippen LogP contribution in [0.15, 0.2) is 51.9 Å². The van der Waals surface area contributed by atoms with Crippen LogP contribution >= 0.6 is 0 Å². The van der Waals surface area contributed by atoms with Gasteiger partial charge in [-0.2, -0.15) is 0 Å². The number of amides is 2. The Morgan fingerprint density at radius 3 is 2.39 bits per heavy atom. The van der Waals surface area contributed by atoms with Crippen LogP contribution in [0.3, 0.4) is 0 Å². The quantitative estimate of drug-likeness (QED) is 0.268. The highest BCUT2D eigenvalue weighted by molar-refractivity contribution is 7.92. The Kier molecular flexibility index (Phi) is 10.7. The molecule has 0 saturated heterocycles. The fraction of sp³-hybridized carbons (Fsp3) is 0.433. The van der Waals surface area contributed by atoms with E-state index in [4.69, 9.17) is 4.52 Å². The van der Waals surface area contributed by atoms with Gasteiger partial charge in [0, 0.05) is 31.1 Å². The number of sulfonamides is 1. The fourth-order valence-electron chi connectivity index (χ4n) is 4.71. The van der Waals surface area contributed by atoms with E-state index in [9.17, 15) is 23.1 Å². The van der Waals surface area contributed by atoms with Gasteiger partial charge in [-0.1, -0.05) is 68.7 Å². The Labute approximate surface area is 242 Å². The summed E-state index contributed by atoms with van der Waals surface area (Å²) in [7, 11) is -2.52. The highest BCUT2D eigenvalue weighted by Crippen LogP contribution is 2.33. The largest absolute Gasteiger partial charge is 0.392 e. The van der Waals surface area contributed by atoms with Crippen molar-refractivity contribution in [2.24, 2.45) is 5.92 Å². The summed E-state index contributed by atoms with van der Waals surface area (Å²) in [5, 5.41) is 16.8. The number of aryl methyl sites for hydroxylation is 1. The first-order valence-corrected chi connectivity index (χ1v) is 15.2. The van der Waals surface area contributed by atoms with E-state index in [1.807, 2.05) is 20.8 Å². The molecule has 1 atom stereocenters. The minimum atomic E-state index is -4.07. The zero-order valence-electron chi connectivity index (χ0n) is 24.5. The Hall–Kier alpha value is -3.70. The first-order chi connectivity index (χ1) is 19.4. The van der Waals surface area contributed by atoms with Crippen molar-refractivity contribution in [1.29, 1.82) is 0 Å². The molecule has 3 aromatic rings. The predicted molar refractivity (Wildman–Crippen MR) is 157 cm³/mol. The van der Waals surface area contributed by atoms with Gasteiger partial charge in [0.25, 0.3) is 10.0 Å². The van der Waals surface area contributed by atoms with E-state index in [1.165, 1.54) is 6.07 Å². The molecule has 11 heteroatoms. The molecule has 3 rings (SSSR count). The summed E-state index contributed by atoms with van der Waals surface area (Å²) in [6.45, 7) is 9.03. The summed E-state index contributed by atoms with van der Waals surface area (Å²) in [5.41, 5.74) is 3.28. The van der Waals surface area contributed by atoms with Crippen LogP contribution in [0.1, 0.15) is 62.4 Å². The van der Waals surface area contributed by atoms with Gasteiger partial charge in [0.1, 0.15) is 6.04 Å². The standard InChI is InChI=1S/C30H40N4O6S/c1-7-8-13-27(36)34(28(19(2)3)29(37)31-6)17-22-14-15-24(23(16-22)18-35)25-11-9-10-12-26(25)41(38,39)33-30-20(4)21(5)32-40-30/h9-12,14-16,19,28,33,35H,7-8,13,17-18H2,1-6H3,(H,31,37)/t28-/m0/s1. The van der Waals surface area contributed by atoms with Crippen LogP contribution in [0, 0.1) is 19.8 Å². The van der Waals surface area contributed by atoms with E-state index in [2.05, 4.69) is 15.2 Å². The molecule has 222 valence electrons. The summed E-state index contributed by atoms with van der Waals surface area (Å²) in [6.07, 6.45) is 1.88. The number of carbonyl (C=O) groups excluding carboxylic acids is 2. The maximum Gasteiger partial charge on any atom is 0.264 e. The minimum Gasteiger partial charge on any atom is -0.392 e. The zero-order chi connectivity index (χ0) is 30.3. The summed E-state index contributed by atoms with van der Waals surface area (Å²) < 4.78 is 34.5. The third-order valence-electron chi connectivity index (χ3n) is 7.09. The van der Waals surface area contributed by atoms with E-state index in [-0.39, 0.29) is 41.7 Å². The minimum absolute atomic E-state index is 0.00626. The SMILES string of the molecule is CCCCC(=O)N(Cc1ccc(-c2ccccc2S(=O)(=O)Nc2onc(C)c2C)c(CO)c1)[C@H](C(=O)NC)C(C)C. The number of carbonyl (C=O) groups is 2. The second kappa shape index (κ2) is 13.8. The number of rotatable bonds is 13. The van der Waals surface area contributed by atoms with Crippen molar-refractivity contribution in [1.82, 2.24) is 15.4 Å². The zero-order valence-corrected chi connectivity index (χ0v) is 25.3. The van der Waals surface area contributed by atoms with Crippen LogP contribution in [0.5, 0.6) is 0 Å². The van der Waals surface area contributed by atoms with Crippen molar-refractivity contribution in [3.8, 4) is 11.1 Å². The Morgan fingerprint density at radius 2 is 1.80 bits per heavy atom. The number of aliphatic hydroxyl groups is 1. The van der Waals surface area contributed by atoms with Crippen molar-refractivity contribution in [2.75, 3.05) is 11.8 Å². The molecule has 0 fully saturated rings. The van der Waals surface area contributed by atoms with Crippen LogP contribution in [0.2, 0.25) is 0 Å². The molecule has 0 saturated carbocycles. The average molecular weight is 585 g/mol. The highest BCUT2D eigenvalue weighted by atomic mass is 32.2. The Balaban J connectivity index is 2.02. The van der Waals surface area contributed by atoms with E-state index >= 15 is 0 Å². The number of benzene rings is 2. The molecule has 0 aliphatic rings. The lowest BCUT2D eigenvalue weighted by atomic mass is 9.96. The molecule has 0 aliphatic heterocycles. The molecular formula is C30H40N4O6S. The Bertz CT molecular complexity index is 1480. The van der Waals surface area contributed by atoms with Crippen LogP contribution in [0.4, 0.5) is 5.88 Å². The molecule has 2 aromatic carbocycles. The van der Waals surface area contributed by atoms with Crippen molar-refractivity contribution >= 4 is 27.7 Å². The summed E-state index contributed by atoms with van der Waals surface area (Å²) in [6, 6.07) is 11.1. The van der Waals surface area contributed by atoms with Crippen molar-refractivity contribution in [2.45, 2.75) is 78.0 Å². The van der Waals surface area contributed by atoms with Gasteiger partial charge in [0.05, 0.1) is 17.2 Å². The van der Waals surface area contributed by atoms with Gasteiger partial charge in [-0.3, -0.25) is 9.59 Å². The molecule has 1 heterocycles. The van der Waals surface area contributed by atoms with Gasteiger partial charge < -0.3 is 19.8 Å². The van der Waals surface area contributed by atoms with Gasteiger partial charge in [-0.25, -0.2) is 13.1 Å². The molecule has 1 aromatic heterocycles. The van der Waals surface area contributed by atoms with Crippen LogP contribution in [-0.2, 0) is 32.8 Å². The summed E-state index contributed by atoms with van der Waals surface area (Å²) >= 11 is 0. The van der Waals surface area contributed by atoms with Crippen molar-refractivity contribution in [3.63, 3.8) is 0 Å². The maximum absolute atomic E-state index is 13.4. The van der Waals surface area contributed by atoms with E-state index in [1.54, 1.807) is 62.2 Å². The number of anilines is 1. The number of aromatic nitrogens is 1. The summed E-state index contributed by atoms with van der Waals surface area (Å²) in [4.78, 5) is 27.7. The third kappa shape index (κ3) is 7.34. The number of hydrogen-bond donors (Lipinski definition) is 3. The first-order valence-electron chi connectivity index (χ1n) is 13.7. The maximum atomic E-state index is 13.4. The molecule has 0 spiro atoms. The van der Waals surface area contributed by atoms with E-state index < -0.39 is 16.1 Å². The molecular weight excluding hydrogens is 544 g/mol. The second-order valence-corrected chi connectivity index (χ2v) is 12.1. The normalized spacial score (nSPS) is 12.3. The van der Waals surface area contributed by atoms with Gasteiger partial charge >= 0.3 is 0 Å². The topological polar surface area (TPSA) is 142 Å². The molecule has 2 amide bonds. The summed E-state index contributed by atoms with van der Waals surface area (Å²) in [5.74, 6) is -0.450. The lowest BCUT2D eigenvalue weighted by Crippen LogP contribution is -2.51. The molecule has 0 bridgehead atoms. The molecule has 41 heavy (non-hydrogen) atoms. The average Bonchev–Trinajstić information content (AvgIpc) is 3.26. The van der Waals surface area contributed by atoms with Gasteiger partial charge in [0.15, 0.2) is 0 Å². The Morgan fingerprint density at radius 1 is 1.10 bits per heavy atom. The van der Waals surface area contributed by atoms with Crippen molar-refractivity contribution < 1.29 is 27.6 Å². The van der Waals surface area contributed by atoms with E-state index in [0.29, 0.717) is 46.4 Å². The smallest absolute Gasteiger partial charge is 0.264 e. The third-order valence-corrected chi connectivity index (χ3v) is 8.48. The number of aliphatic hydroxyl groups excluding tert-OH is 1. The predicted octanol–water partition coefficient (Wildman–Crippen LogP) is 4.54. The lowest BCUT2D eigenvalue weighted by Gasteiger charge is -2.33. The van der Waals surface area contributed by atoms with Crippen LogP contribution in [0.25, 0.3) is 11.1 Å². The number of unbranched alkanes of at least 4 members (excludes halogenated alkanes) is 1. The number of likely N-dealkylation sites (N-methyl/N-ethyl adjacent to an activating group) is 1. The van der Waals surface area contributed by atoms with Gasteiger partial charge in [0.2, 0.25) is 17.7 Å². The van der Waals surface area contributed by atoms with Gasteiger partial charge in [-0.15, -0.1) is 0 Å². The molecule has 0 radical (unpaired) electrons. The van der Waals surface area contributed by atoms with Crippen LogP contribution in [-0.4, -0.2) is 48.5 Å². The molecule has 0 aliphatic carbocycles. The monoisotopic (exact) mass is 584 g/mol. The van der Waals surface area contributed by atoms with Gasteiger partial charge in [-0.05, 0) is 48.9 Å². The van der Waals surface area contributed by atoms with Crippen molar-refractivity contribution in [3.05, 3.63) is 64.8 Å². The number of hydrogen-bond acceptors (Lipinski definition) is 7. The fourth-order valence-corrected chi connectivity index (χ4v) is 5.98. The number of nitrogens with zero attached hydrogens (tertiary/aromatic N) is 2.